The van der Waals surface area contributed by atoms with E-state index in [1.165, 1.54) is 16.8 Å². The van der Waals surface area contributed by atoms with Crippen molar-refractivity contribution in [3.63, 3.8) is 0 Å². The van der Waals surface area contributed by atoms with Crippen LogP contribution < -0.4 is 0 Å². The maximum atomic E-state index is 12.0. The molecule has 3 rings (SSSR count). The number of benzene rings is 1. The number of amides is 1. The molecule has 3 heteroatoms. The fourth-order valence-electron chi connectivity index (χ4n) is 3.14. The van der Waals surface area contributed by atoms with Crippen molar-refractivity contribution >= 4 is 5.91 Å². The Kier molecular flexibility index (Phi) is 3.58. The lowest BCUT2D eigenvalue weighted by molar-refractivity contribution is -0.131. The van der Waals surface area contributed by atoms with Gasteiger partial charge in [-0.2, -0.15) is 0 Å². The van der Waals surface area contributed by atoms with Gasteiger partial charge in [-0.3, -0.25) is 4.79 Å². The average Bonchev–Trinajstić information content (AvgIpc) is 2.94. The molecule has 2 heterocycles. The van der Waals surface area contributed by atoms with E-state index in [1.807, 2.05) is 4.90 Å². The first kappa shape index (κ1) is 13.9. The molecule has 0 radical (unpaired) electrons. The predicted molar refractivity (Wildman–Crippen MR) is 84.2 cm³/mol. The molecular weight excluding hydrogens is 260 g/mol. The maximum absolute atomic E-state index is 12.0. The Labute approximate surface area is 126 Å². The first-order valence-electron chi connectivity index (χ1n) is 7.60. The van der Waals surface area contributed by atoms with Crippen molar-refractivity contribution in [1.29, 1.82) is 0 Å². The fourth-order valence-corrected chi connectivity index (χ4v) is 3.14. The number of nitrogens with zero attached hydrogens (tertiary/aromatic N) is 2. The Balaban J connectivity index is 2.02. The van der Waals surface area contributed by atoms with Gasteiger partial charge in [-0.25, -0.2) is 0 Å². The van der Waals surface area contributed by atoms with Crippen LogP contribution >= 0.6 is 0 Å². The summed E-state index contributed by atoms with van der Waals surface area (Å²) >= 11 is 0. The predicted octanol–water partition coefficient (Wildman–Crippen LogP) is 3.56. The molecule has 1 aromatic carbocycles. The van der Waals surface area contributed by atoms with Crippen molar-refractivity contribution in [1.82, 2.24) is 9.47 Å². The topological polar surface area (TPSA) is 25.2 Å². The van der Waals surface area contributed by atoms with Crippen LogP contribution in [0.5, 0.6) is 0 Å². The second-order valence-electron chi connectivity index (χ2n) is 6.06. The third-order valence-electron chi connectivity index (χ3n) is 4.36. The molecule has 1 unspecified atom stereocenters. The zero-order chi connectivity index (χ0) is 15.0. The number of hydrogen-bond acceptors (Lipinski definition) is 1. The quantitative estimate of drug-likeness (QED) is 0.826. The molecule has 0 N–H and O–H groups in total. The smallest absolute Gasteiger partial charge is 0.220 e. The Bertz CT molecular complexity index is 639. The molecule has 1 aliphatic heterocycles. The lowest BCUT2D eigenvalue weighted by Crippen LogP contribution is -2.41. The summed E-state index contributed by atoms with van der Waals surface area (Å²) in [6.45, 7) is 7.70. The fraction of sp³-hybridized carbons (Fsp3) is 0.389. The zero-order valence-corrected chi connectivity index (χ0v) is 12.9. The molecule has 0 saturated heterocycles. The molecule has 2 aromatic rings. The standard InChI is InChI=1S/C18H22N2O/c1-13(2)15-6-8-16(9-7-15)18-17-5-4-10-19(17)11-12-20(18)14(3)21/h4-10,13,18H,11-12H2,1-3H3. The van der Waals surface area contributed by atoms with Crippen LogP contribution in [0.25, 0.3) is 0 Å². The molecule has 1 aromatic heterocycles. The minimum absolute atomic E-state index is 0.0347. The van der Waals surface area contributed by atoms with Crippen LogP contribution in [0.3, 0.4) is 0 Å². The highest BCUT2D eigenvalue weighted by Crippen LogP contribution is 2.33. The third-order valence-corrected chi connectivity index (χ3v) is 4.36. The van der Waals surface area contributed by atoms with Crippen molar-refractivity contribution in [2.75, 3.05) is 6.54 Å². The van der Waals surface area contributed by atoms with Crippen LogP contribution in [0.1, 0.15) is 49.6 Å². The van der Waals surface area contributed by atoms with E-state index < -0.39 is 0 Å². The largest absolute Gasteiger partial charge is 0.348 e. The highest BCUT2D eigenvalue weighted by molar-refractivity contribution is 5.74. The summed E-state index contributed by atoms with van der Waals surface area (Å²) in [5, 5.41) is 0. The minimum atomic E-state index is 0.0347. The number of fused-ring (bicyclic) bond motifs is 1. The van der Waals surface area contributed by atoms with E-state index in [-0.39, 0.29) is 11.9 Å². The van der Waals surface area contributed by atoms with Crippen LogP contribution in [-0.4, -0.2) is 21.9 Å². The zero-order valence-electron chi connectivity index (χ0n) is 12.9. The molecule has 0 fully saturated rings. The van der Waals surface area contributed by atoms with Gasteiger partial charge in [0.05, 0.1) is 6.04 Å². The van der Waals surface area contributed by atoms with E-state index in [1.54, 1.807) is 6.92 Å². The van der Waals surface area contributed by atoms with Gasteiger partial charge >= 0.3 is 0 Å². The second kappa shape index (κ2) is 5.40. The van der Waals surface area contributed by atoms with Crippen molar-refractivity contribution in [2.45, 2.75) is 39.3 Å². The molecule has 1 aliphatic rings. The highest BCUT2D eigenvalue weighted by Gasteiger charge is 2.30. The molecule has 0 saturated carbocycles. The average molecular weight is 282 g/mol. The van der Waals surface area contributed by atoms with E-state index in [2.05, 4.69) is 61.0 Å². The SMILES string of the molecule is CC(=O)N1CCn2cccc2C1c1ccc(C(C)C)cc1. The maximum Gasteiger partial charge on any atom is 0.220 e. The van der Waals surface area contributed by atoms with Crippen LogP contribution in [0.4, 0.5) is 0 Å². The van der Waals surface area contributed by atoms with Gasteiger partial charge in [0, 0.05) is 31.9 Å². The summed E-state index contributed by atoms with van der Waals surface area (Å²) in [4.78, 5) is 14.0. The van der Waals surface area contributed by atoms with Gasteiger partial charge in [0.2, 0.25) is 5.91 Å². The Hall–Kier alpha value is -2.03. The van der Waals surface area contributed by atoms with Crippen LogP contribution in [0.15, 0.2) is 42.6 Å². The van der Waals surface area contributed by atoms with E-state index >= 15 is 0 Å². The van der Waals surface area contributed by atoms with Crippen LogP contribution in [-0.2, 0) is 11.3 Å². The summed E-state index contributed by atoms with van der Waals surface area (Å²) in [5.74, 6) is 0.665. The monoisotopic (exact) mass is 282 g/mol. The molecule has 0 aliphatic carbocycles. The van der Waals surface area contributed by atoms with Gasteiger partial charge in [-0.15, -0.1) is 0 Å². The Morgan fingerprint density at radius 2 is 1.86 bits per heavy atom. The van der Waals surface area contributed by atoms with Crippen molar-refractivity contribution < 1.29 is 4.79 Å². The van der Waals surface area contributed by atoms with Gasteiger partial charge in [0.1, 0.15) is 0 Å². The molecular formula is C18H22N2O. The third kappa shape index (κ3) is 2.48. The second-order valence-corrected chi connectivity index (χ2v) is 6.06. The van der Waals surface area contributed by atoms with Crippen molar-refractivity contribution in [2.24, 2.45) is 0 Å². The van der Waals surface area contributed by atoms with Crippen LogP contribution in [0.2, 0.25) is 0 Å². The highest BCUT2D eigenvalue weighted by atomic mass is 16.2. The van der Waals surface area contributed by atoms with Gasteiger partial charge in [0.25, 0.3) is 0 Å². The molecule has 21 heavy (non-hydrogen) atoms. The van der Waals surface area contributed by atoms with E-state index in [9.17, 15) is 4.79 Å². The number of hydrogen-bond donors (Lipinski definition) is 0. The number of aromatic nitrogens is 1. The van der Waals surface area contributed by atoms with E-state index in [0.717, 1.165) is 13.1 Å². The van der Waals surface area contributed by atoms with Crippen molar-refractivity contribution in [3.8, 4) is 0 Å². The molecule has 0 spiro atoms. The van der Waals surface area contributed by atoms with Crippen molar-refractivity contribution in [3.05, 3.63) is 59.4 Å². The van der Waals surface area contributed by atoms with E-state index in [0.29, 0.717) is 5.92 Å². The molecule has 110 valence electrons. The van der Waals surface area contributed by atoms with E-state index in [4.69, 9.17) is 0 Å². The number of carbonyl (C=O) groups is 1. The molecule has 1 atom stereocenters. The molecule has 1 amide bonds. The minimum Gasteiger partial charge on any atom is -0.348 e. The van der Waals surface area contributed by atoms with Crippen LogP contribution in [0, 0.1) is 0 Å². The number of carbonyl (C=O) groups excluding carboxylic acids is 1. The lowest BCUT2D eigenvalue weighted by atomic mass is 9.96. The Morgan fingerprint density at radius 1 is 1.14 bits per heavy atom. The van der Waals surface area contributed by atoms with Gasteiger partial charge in [-0.1, -0.05) is 38.1 Å². The summed E-state index contributed by atoms with van der Waals surface area (Å²) < 4.78 is 2.25. The first-order valence-corrected chi connectivity index (χ1v) is 7.60. The summed E-state index contributed by atoms with van der Waals surface area (Å²) in [6.07, 6.45) is 2.10. The van der Waals surface area contributed by atoms with Gasteiger partial charge in [-0.05, 0) is 29.2 Å². The Morgan fingerprint density at radius 3 is 2.48 bits per heavy atom. The summed E-state index contributed by atoms with van der Waals surface area (Å²) in [6, 6.07) is 12.9. The normalized spacial score (nSPS) is 17.9. The molecule has 0 bridgehead atoms. The molecule has 3 nitrogen and oxygen atoms in total. The first-order chi connectivity index (χ1) is 10.1. The summed E-state index contributed by atoms with van der Waals surface area (Å²) in [7, 11) is 0. The number of rotatable bonds is 2. The van der Waals surface area contributed by atoms with Gasteiger partial charge in [0.15, 0.2) is 0 Å². The summed E-state index contributed by atoms with van der Waals surface area (Å²) in [5.41, 5.74) is 3.72. The van der Waals surface area contributed by atoms with Gasteiger partial charge < -0.3 is 9.47 Å². The lowest BCUT2D eigenvalue weighted by Gasteiger charge is -2.36.